The molecule has 4 aliphatic rings. The molecule has 2 saturated heterocycles. The fraction of sp³-hybridized carbons (Fsp3) is 0.433. The van der Waals surface area contributed by atoms with E-state index in [4.69, 9.17) is 4.74 Å². The van der Waals surface area contributed by atoms with Gasteiger partial charge in [-0.15, -0.1) is 11.8 Å². The van der Waals surface area contributed by atoms with Gasteiger partial charge in [-0.05, 0) is 42.9 Å². The molecule has 3 aliphatic heterocycles. The van der Waals surface area contributed by atoms with E-state index in [1.54, 1.807) is 16.7 Å². The van der Waals surface area contributed by atoms with Crippen LogP contribution in [-0.2, 0) is 25.7 Å². The molecule has 0 radical (unpaired) electrons. The second kappa shape index (κ2) is 10.2. The highest BCUT2D eigenvalue weighted by molar-refractivity contribution is 7.98. The topological polar surface area (TPSA) is 87.7 Å². The number of fused-ring (bicyclic) bond motifs is 1. The summed E-state index contributed by atoms with van der Waals surface area (Å²) in [6, 6.07) is 16.6. The maximum atomic E-state index is 14.1. The van der Waals surface area contributed by atoms with E-state index >= 15 is 0 Å². The average Bonchev–Trinajstić information content (AvgIpc) is 3.57. The Hall–Kier alpha value is -3.10. The third-order valence-corrected chi connectivity index (χ3v) is 9.13. The van der Waals surface area contributed by atoms with Crippen LogP contribution < -0.4 is 10.6 Å². The van der Waals surface area contributed by atoms with E-state index in [2.05, 4.69) is 10.6 Å². The highest BCUT2D eigenvalue weighted by Gasteiger charge is 2.72. The van der Waals surface area contributed by atoms with Gasteiger partial charge in [0, 0.05) is 23.2 Å². The van der Waals surface area contributed by atoms with Crippen LogP contribution in [0.1, 0.15) is 37.7 Å². The van der Waals surface area contributed by atoms with Crippen LogP contribution >= 0.6 is 11.8 Å². The van der Waals surface area contributed by atoms with Gasteiger partial charge in [-0.2, -0.15) is 0 Å². The van der Waals surface area contributed by atoms with Gasteiger partial charge >= 0.3 is 0 Å². The number of amides is 3. The van der Waals surface area contributed by atoms with Crippen LogP contribution in [0.4, 0.5) is 5.69 Å². The Morgan fingerprint density at radius 3 is 2.61 bits per heavy atom. The molecule has 1 spiro atoms. The maximum Gasteiger partial charge on any atom is 0.246 e. The van der Waals surface area contributed by atoms with E-state index in [-0.39, 0.29) is 30.3 Å². The first-order valence-corrected chi connectivity index (χ1v) is 14.7. The monoisotopic (exact) mass is 531 g/mol. The van der Waals surface area contributed by atoms with Crippen LogP contribution in [-0.4, -0.2) is 52.7 Å². The Morgan fingerprint density at radius 1 is 1.05 bits per heavy atom. The first-order chi connectivity index (χ1) is 18.5. The van der Waals surface area contributed by atoms with Crippen molar-refractivity contribution in [3.63, 3.8) is 0 Å². The SMILES string of the molecule is CSc1cccc(NC(=O)[C@@H]2[C@@H]3C=C[C@]4(O3)[C@@H]2C(=O)N(Cc2ccccc2)[C@@H]4C(=O)NC2CCCCC2)c1. The van der Waals surface area contributed by atoms with Crippen molar-refractivity contribution in [1.82, 2.24) is 10.2 Å². The first-order valence-electron chi connectivity index (χ1n) is 13.5. The van der Waals surface area contributed by atoms with Gasteiger partial charge in [-0.25, -0.2) is 0 Å². The number of benzene rings is 2. The number of ether oxygens (including phenoxy) is 1. The van der Waals surface area contributed by atoms with E-state index in [0.717, 1.165) is 36.1 Å². The van der Waals surface area contributed by atoms with E-state index in [0.29, 0.717) is 5.69 Å². The van der Waals surface area contributed by atoms with Gasteiger partial charge in [-0.1, -0.05) is 67.8 Å². The third-order valence-electron chi connectivity index (χ3n) is 8.41. The highest BCUT2D eigenvalue weighted by Crippen LogP contribution is 2.55. The molecule has 5 atom stereocenters. The van der Waals surface area contributed by atoms with Gasteiger partial charge in [0.05, 0.1) is 17.9 Å². The quantitative estimate of drug-likeness (QED) is 0.414. The number of hydrogen-bond acceptors (Lipinski definition) is 5. The third kappa shape index (κ3) is 4.33. The molecule has 2 bridgehead atoms. The number of carbonyl (C=O) groups is 3. The summed E-state index contributed by atoms with van der Waals surface area (Å²) in [7, 11) is 0. The number of likely N-dealkylation sites (tertiary alicyclic amines) is 1. The van der Waals surface area contributed by atoms with Gasteiger partial charge in [0.15, 0.2) is 0 Å². The average molecular weight is 532 g/mol. The van der Waals surface area contributed by atoms with E-state index < -0.39 is 29.6 Å². The number of carbonyl (C=O) groups excluding carboxylic acids is 3. The molecule has 6 rings (SSSR count). The molecule has 3 heterocycles. The van der Waals surface area contributed by atoms with Crippen molar-refractivity contribution in [2.75, 3.05) is 11.6 Å². The lowest BCUT2D eigenvalue weighted by Gasteiger charge is -2.34. The van der Waals surface area contributed by atoms with Crippen LogP contribution in [0.25, 0.3) is 0 Å². The summed E-state index contributed by atoms with van der Waals surface area (Å²) in [5, 5.41) is 6.24. The van der Waals surface area contributed by atoms with Crippen LogP contribution in [0, 0.1) is 11.8 Å². The van der Waals surface area contributed by atoms with Crippen molar-refractivity contribution < 1.29 is 19.1 Å². The van der Waals surface area contributed by atoms with Crippen molar-refractivity contribution in [2.45, 2.75) is 67.3 Å². The van der Waals surface area contributed by atoms with Gasteiger partial charge in [-0.3, -0.25) is 14.4 Å². The number of rotatable bonds is 7. The second-order valence-electron chi connectivity index (χ2n) is 10.7. The molecule has 2 aromatic carbocycles. The fourth-order valence-electron chi connectivity index (χ4n) is 6.67. The van der Waals surface area contributed by atoms with Crippen molar-refractivity contribution in [3.05, 3.63) is 72.3 Å². The summed E-state index contributed by atoms with van der Waals surface area (Å²) >= 11 is 1.60. The van der Waals surface area contributed by atoms with E-state index in [1.165, 1.54) is 6.42 Å². The summed E-state index contributed by atoms with van der Waals surface area (Å²) in [5.74, 6) is -2.13. The van der Waals surface area contributed by atoms with Crippen LogP contribution in [0.15, 0.2) is 71.6 Å². The second-order valence-corrected chi connectivity index (χ2v) is 11.6. The summed E-state index contributed by atoms with van der Waals surface area (Å²) in [4.78, 5) is 44.3. The van der Waals surface area contributed by atoms with Crippen LogP contribution in [0.2, 0.25) is 0 Å². The van der Waals surface area contributed by atoms with Crippen molar-refractivity contribution >= 4 is 35.2 Å². The Kier molecular flexibility index (Phi) is 6.78. The summed E-state index contributed by atoms with van der Waals surface area (Å²) in [6.07, 6.45) is 10.4. The normalized spacial score (nSPS) is 29.9. The lowest BCUT2D eigenvalue weighted by Crippen LogP contribution is -2.56. The molecule has 198 valence electrons. The molecule has 3 amide bonds. The van der Waals surface area contributed by atoms with Gasteiger partial charge in [0.1, 0.15) is 11.6 Å². The smallest absolute Gasteiger partial charge is 0.246 e. The molecule has 1 aliphatic carbocycles. The van der Waals surface area contributed by atoms with Gasteiger partial charge in [0.25, 0.3) is 0 Å². The number of anilines is 1. The zero-order chi connectivity index (χ0) is 26.3. The standard InChI is InChI=1S/C30H33N3O4S/c1-38-22-14-8-13-21(17-22)32-27(34)24-23-15-16-30(37-23)25(24)29(36)33(18-19-9-4-2-5-10-19)26(30)28(35)31-20-11-6-3-7-12-20/h2,4-5,8-10,13-17,20,23-26H,3,6-7,11-12,18H2,1H3,(H,31,35)(H,32,34)/t23-,24+,25-,26+,30-/m0/s1. The molecule has 0 unspecified atom stereocenters. The number of nitrogens with zero attached hydrogens (tertiary/aromatic N) is 1. The summed E-state index contributed by atoms with van der Waals surface area (Å²) in [5.41, 5.74) is 0.459. The number of hydrogen-bond donors (Lipinski definition) is 2. The van der Waals surface area contributed by atoms with Gasteiger partial charge < -0.3 is 20.3 Å². The largest absolute Gasteiger partial charge is 0.359 e. The summed E-state index contributed by atoms with van der Waals surface area (Å²) < 4.78 is 6.46. The van der Waals surface area contributed by atoms with Crippen molar-refractivity contribution in [1.29, 1.82) is 0 Å². The minimum absolute atomic E-state index is 0.103. The minimum atomic E-state index is -1.15. The molecular formula is C30H33N3O4S. The predicted octanol–water partition coefficient (Wildman–Crippen LogP) is 4.15. The van der Waals surface area contributed by atoms with Crippen LogP contribution in [0.5, 0.6) is 0 Å². The van der Waals surface area contributed by atoms with Crippen LogP contribution in [0.3, 0.4) is 0 Å². The minimum Gasteiger partial charge on any atom is -0.359 e. The number of thioether (sulfide) groups is 1. The Labute approximate surface area is 227 Å². The molecule has 7 nitrogen and oxygen atoms in total. The van der Waals surface area contributed by atoms with Crippen molar-refractivity contribution in [2.24, 2.45) is 11.8 Å². The molecule has 1 saturated carbocycles. The lowest BCUT2D eigenvalue weighted by molar-refractivity contribution is -0.142. The molecule has 38 heavy (non-hydrogen) atoms. The Bertz CT molecular complexity index is 1260. The molecule has 2 aromatic rings. The summed E-state index contributed by atoms with van der Waals surface area (Å²) in [6.45, 7) is 0.284. The zero-order valence-corrected chi connectivity index (χ0v) is 22.3. The molecule has 3 fully saturated rings. The highest BCUT2D eigenvalue weighted by atomic mass is 32.2. The molecular weight excluding hydrogens is 498 g/mol. The lowest BCUT2D eigenvalue weighted by atomic mass is 9.74. The predicted molar refractivity (Wildman–Crippen MR) is 146 cm³/mol. The maximum absolute atomic E-state index is 14.1. The number of nitrogens with one attached hydrogen (secondary N) is 2. The zero-order valence-electron chi connectivity index (χ0n) is 21.5. The Morgan fingerprint density at radius 2 is 1.84 bits per heavy atom. The molecule has 0 aromatic heterocycles. The molecule has 8 heteroatoms. The van der Waals surface area contributed by atoms with E-state index in [9.17, 15) is 14.4 Å². The van der Waals surface area contributed by atoms with E-state index in [1.807, 2.05) is 73.0 Å². The van der Waals surface area contributed by atoms with Crippen molar-refractivity contribution in [3.8, 4) is 0 Å². The first kappa shape index (κ1) is 25.2. The van der Waals surface area contributed by atoms with Gasteiger partial charge in [0.2, 0.25) is 17.7 Å². The Balaban J connectivity index is 1.31. The fourth-order valence-corrected chi connectivity index (χ4v) is 7.13. The molecule has 2 N–H and O–H groups in total.